The van der Waals surface area contributed by atoms with Crippen molar-refractivity contribution in [2.24, 2.45) is 0 Å². The molecule has 0 aliphatic rings. The molecule has 0 saturated heterocycles. The number of nitrogens with two attached hydrogens (primary N) is 1. The second-order valence-electron chi connectivity index (χ2n) is 5.37. The highest BCUT2D eigenvalue weighted by Crippen LogP contribution is 2.20. The van der Waals surface area contributed by atoms with Crippen molar-refractivity contribution >= 4 is 35.2 Å². The van der Waals surface area contributed by atoms with Crippen molar-refractivity contribution in [3.8, 4) is 0 Å². The van der Waals surface area contributed by atoms with E-state index >= 15 is 0 Å². The fourth-order valence-electron chi connectivity index (χ4n) is 1.96. The zero-order valence-electron chi connectivity index (χ0n) is 13.7. The van der Waals surface area contributed by atoms with Crippen LogP contribution in [0.1, 0.15) is 12.5 Å². The Kier molecular flexibility index (Phi) is 5.80. The second kappa shape index (κ2) is 7.82. The summed E-state index contributed by atoms with van der Waals surface area (Å²) in [5.74, 6) is -0.251. The molecule has 2 amide bonds. The van der Waals surface area contributed by atoms with E-state index in [0.29, 0.717) is 10.8 Å². The number of carbonyl (C=O) groups is 2. The Morgan fingerprint density at radius 3 is 2.62 bits per heavy atom. The van der Waals surface area contributed by atoms with Gasteiger partial charge < -0.3 is 16.0 Å². The number of nitrogens with zero attached hydrogens (tertiary/aromatic N) is 3. The third-order valence-corrected chi connectivity index (χ3v) is 4.15. The van der Waals surface area contributed by atoms with Crippen LogP contribution in [-0.4, -0.2) is 50.7 Å². The monoisotopic (exact) mass is 348 g/mol. The van der Waals surface area contributed by atoms with Crippen molar-refractivity contribution in [1.82, 2.24) is 20.1 Å². The molecule has 1 heterocycles. The summed E-state index contributed by atoms with van der Waals surface area (Å²) in [5.41, 5.74) is 7.26. The quantitative estimate of drug-likeness (QED) is 0.677. The van der Waals surface area contributed by atoms with Crippen LogP contribution in [0.5, 0.6) is 0 Å². The van der Waals surface area contributed by atoms with Crippen molar-refractivity contribution in [3.05, 3.63) is 29.8 Å². The van der Waals surface area contributed by atoms with Crippen molar-refractivity contribution in [2.45, 2.75) is 24.3 Å². The summed E-state index contributed by atoms with van der Waals surface area (Å²) in [4.78, 5) is 29.7. The lowest BCUT2D eigenvalue weighted by Crippen LogP contribution is -2.38. The molecule has 0 aliphatic heterocycles. The van der Waals surface area contributed by atoms with Crippen LogP contribution in [0.4, 0.5) is 11.6 Å². The predicted molar refractivity (Wildman–Crippen MR) is 93.6 cm³/mol. The van der Waals surface area contributed by atoms with Crippen molar-refractivity contribution in [1.29, 1.82) is 0 Å². The largest absolute Gasteiger partial charge is 0.368 e. The standard InChI is InChI=1S/C15H20N6O2S/c1-9-4-6-11(7-5-9)17-12(22)8-21(3)13(23)10(2)24-15-18-14(16)19-20-15/h4-7,10H,8H2,1-3H3,(H,17,22)(H3,16,18,19,20)/t10-/m0/s1. The first-order valence-corrected chi connectivity index (χ1v) is 8.19. The predicted octanol–water partition coefficient (Wildman–Crippen LogP) is 1.27. The summed E-state index contributed by atoms with van der Waals surface area (Å²) in [6.07, 6.45) is 0. The average molecular weight is 348 g/mol. The molecule has 4 N–H and O–H groups in total. The highest BCUT2D eigenvalue weighted by Gasteiger charge is 2.22. The lowest BCUT2D eigenvalue weighted by atomic mass is 10.2. The van der Waals surface area contributed by atoms with E-state index in [2.05, 4.69) is 20.5 Å². The molecule has 0 bridgehead atoms. The first kappa shape index (κ1) is 17.8. The number of amides is 2. The zero-order valence-corrected chi connectivity index (χ0v) is 14.6. The third kappa shape index (κ3) is 4.98. The number of likely N-dealkylation sites (N-methyl/N-ethyl adjacent to an activating group) is 1. The van der Waals surface area contributed by atoms with Crippen molar-refractivity contribution < 1.29 is 9.59 Å². The number of aryl methyl sites for hydroxylation is 1. The lowest BCUT2D eigenvalue weighted by Gasteiger charge is -2.20. The van der Waals surface area contributed by atoms with E-state index in [4.69, 9.17) is 5.73 Å². The fourth-order valence-corrected chi connectivity index (χ4v) is 2.81. The number of benzene rings is 1. The van der Waals surface area contributed by atoms with Gasteiger partial charge in [0.25, 0.3) is 0 Å². The Labute approximate surface area is 144 Å². The van der Waals surface area contributed by atoms with Crippen LogP contribution in [0.3, 0.4) is 0 Å². The summed E-state index contributed by atoms with van der Waals surface area (Å²) in [5, 5.41) is 9.11. The smallest absolute Gasteiger partial charge is 0.243 e. The molecule has 0 aliphatic carbocycles. The molecule has 1 aromatic carbocycles. The van der Waals surface area contributed by atoms with Gasteiger partial charge in [-0.1, -0.05) is 29.5 Å². The molecule has 24 heavy (non-hydrogen) atoms. The molecule has 0 fully saturated rings. The average Bonchev–Trinajstić information content (AvgIpc) is 2.93. The molecule has 0 spiro atoms. The van der Waals surface area contributed by atoms with Crippen LogP contribution in [-0.2, 0) is 9.59 Å². The molecular weight excluding hydrogens is 328 g/mol. The normalized spacial score (nSPS) is 11.8. The third-order valence-electron chi connectivity index (χ3n) is 3.20. The molecule has 0 unspecified atom stereocenters. The molecule has 8 nitrogen and oxygen atoms in total. The zero-order chi connectivity index (χ0) is 17.7. The van der Waals surface area contributed by atoms with E-state index in [1.807, 2.05) is 31.2 Å². The van der Waals surface area contributed by atoms with Crippen LogP contribution in [0.15, 0.2) is 29.4 Å². The molecule has 2 rings (SSSR count). The Hall–Kier alpha value is -2.55. The summed E-state index contributed by atoms with van der Waals surface area (Å²) in [6, 6.07) is 7.46. The van der Waals surface area contributed by atoms with E-state index in [1.54, 1.807) is 14.0 Å². The van der Waals surface area contributed by atoms with Gasteiger partial charge >= 0.3 is 0 Å². The van der Waals surface area contributed by atoms with E-state index in [0.717, 1.165) is 5.56 Å². The van der Waals surface area contributed by atoms with Gasteiger partial charge in [0.05, 0.1) is 11.8 Å². The summed E-state index contributed by atoms with van der Waals surface area (Å²) in [6.45, 7) is 3.67. The van der Waals surface area contributed by atoms with Crippen LogP contribution >= 0.6 is 11.8 Å². The molecule has 1 atom stereocenters. The van der Waals surface area contributed by atoms with E-state index < -0.39 is 5.25 Å². The lowest BCUT2D eigenvalue weighted by molar-refractivity contribution is -0.132. The van der Waals surface area contributed by atoms with Gasteiger partial charge in [0.1, 0.15) is 0 Å². The van der Waals surface area contributed by atoms with Gasteiger partial charge in [-0.15, -0.1) is 5.10 Å². The molecule has 1 aromatic heterocycles. The Balaban J connectivity index is 1.85. The number of thioether (sulfide) groups is 1. The minimum atomic E-state index is -0.433. The van der Waals surface area contributed by atoms with E-state index in [9.17, 15) is 9.59 Å². The number of rotatable bonds is 6. The van der Waals surface area contributed by atoms with Gasteiger partial charge in [-0.2, -0.15) is 4.98 Å². The van der Waals surface area contributed by atoms with Gasteiger partial charge in [0.2, 0.25) is 22.9 Å². The van der Waals surface area contributed by atoms with Crippen LogP contribution in [0.25, 0.3) is 0 Å². The number of anilines is 2. The number of hydrogen-bond acceptors (Lipinski definition) is 6. The second-order valence-corrected chi connectivity index (χ2v) is 6.68. The van der Waals surface area contributed by atoms with Gasteiger partial charge in [0.15, 0.2) is 0 Å². The Morgan fingerprint density at radius 1 is 1.38 bits per heavy atom. The highest BCUT2D eigenvalue weighted by atomic mass is 32.2. The Bertz CT molecular complexity index is 715. The maximum atomic E-state index is 12.3. The molecule has 9 heteroatoms. The molecule has 2 aromatic rings. The molecule has 0 saturated carbocycles. The first-order chi connectivity index (χ1) is 11.3. The van der Waals surface area contributed by atoms with E-state index in [-0.39, 0.29) is 24.3 Å². The maximum Gasteiger partial charge on any atom is 0.243 e. The highest BCUT2D eigenvalue weighted by molar-refractivity contribution is 8.00. The topological polar surface area (TPSA) is 117 Å². The number of hydrogen-bond donors (Lipinski definition) is 3. The van der Waals surface area contributed by atoms with Crippen molar-refractivity contribution in [3.63, 3.8) is 0 Å². The van der Waals surface area contributed by atoms with Crippen molar-refractivity contribution in [2.75, 3.05) is 24.6 Å². The number of nitrogens with one attached hydrogen (secondary N) is 2. The van der Waals surface area contributed by atoms with Gasteiger partial charge in [-0.3, -0.25) is 9.59 Å². The summed E-state index contributed by atoms with van der Waals surface area (Å²) < 4.78 is 0. The molecular formula is C15H20N6O2S. The van der Waals surface area contributed by atoms with Gasteiger partial charge in [-0.25, -0.2) is 5.10 Å². The number of H-pyrrole nitrogens is 1. The number of nitrogen functional groups attached to an aromatic ring is 1. The number of aromatic nitrogens is 3. The molecule has 128 valence electrons. The molecule has 0 radical (unpaired) electrons. The van der Waals surface area contributed by atoms with Gasteiger partial charge in [-0.05, 0) is 26.0 Å². The minimum Gasteiger partial charge on any atom is -0.368 e. The van der Waals surface area contributed by atoms with E-state index in [1.165, 1.54) is 16.7 Å². The Morgan fingerprint density at radius 2 is 2.04 bits per heavy atom. The van der Waals surface area contributed by atoms with Crippen LogP contribution < -0.4 is 11.1 Å². The SMILES string of the molecule is Cc1ccc(NC(=O)CN(C)C(=O)[C@H](C)Sc2n[nH]c(N)n2)cc1. The first-order valence-electron chi connectivity index (χ1n) is 7.31. The van der Waals surface area contributed by atoms with Crippen LogP contribution in [0.2, 0.25) is 0 Å². The maximum absolute atomic E-state index is 12.3. The summed E-state index contributed by atoms with van der Waals surface area (Å²) >= 11 is 1.18. The van der Waals surface area contributed by atoms with Crippen LogP contribution in [0, 0.1) is 6.92 Å². The summed E-state index contributed by atoms with van der Waals surface area (Å²) in [7, 11) is 1.58. The minimum absolute atomic E-state index is 0.0340. The van der Waals surface area contributed by atoms with Gasteiger partial charge in [0, 0.05) is 12.7 Å². The number of aromatic amines is 1. The number of carbonyl (C=O) groups excluding carboxylic acids is 2. The fraction of sp³-hybridized carbons (Fsp3) is 0.333.